The third-order valence-electron chi connectivity index (χ3n) is 8.09. The summed E-state index contributed by atoms with van der Waals surface area (Å²) < 4.78 is 27.9. The van der Waals surface area contributed by atoms with E-state index in [1.807, 2.05) is 42.5 Å². The number of rotatable bonds is 10. The number of methoxy groups -OCH3 is 1. The summed E-state index contributed by atoms with van der Waals surface area (Å²) in [5, 5.41) is 1.52. The van der Waals surface area contributed by atoms with Crippen molar-refractivity contribution >= 4 is 5.91 Å². The summed E-state index contributed by atoms with van der Waals surface area (Å²) in [6.07, 6.45) is 4.99. The van der Waals surface area contributed by atoms with Gasteiger partial charge in [-0.3, -0.25) is 14.5 Å². The Balaban J connectivity index is 1.48. The van der Waals surface area contributed by atoms with Crippen LogP contribution in [0.1, 0.15) is 46.8 Å². The number of fused-ring (bicyclic) bond motifs is 1. The number of amides is 1. The van der Waals surface area contributed by atoms with Crippen molar-refractivity contribution in [2.45, 2.75) is 37.9 Å². The Labute approximate surface area is 223 Å². The van der Waals surface area contributed by atoms with Crippen LogP contribution in [0.25, 0.3) is 0 Å². The summed E-state index contributed by atoms with van der Waals surface area (Å²) in [6.45, 7) is 5.55. The lowest BCUT2D eigenvalue weighted by Gasteiger charge is -2.48. The Morgan fingerprint density at radius 3 is 2.53 bits per heavy atom. The van der Waals surface area contributed by atoms with Gasteiger partial charge in [0.15, 0.2) is 11.6 Å². The van der Waals surface area contributed by atoms with Crippen molar-refractivity contribution in [1.82, 2.24) is 14.5 Å². The molecular formula is C30H36FN3O4. The Hall–Kier alpha value is -3.20. The van der Waals surface area contributed by atoms with Crippen molar-refractivity contribution < 1.29 is 23.5 Å². The van der Waals surface area contributed by atoms with Gasteiger partial charge in [0.1, 0.15) is 6.61 Å². The molecule has 2 aromatic carbocycles. The van der Waals surface area contributed by atoms with Gasteiger partial charge in [-0.1, -0.05) is 24.3 Å². The van der Waals surface area contributed by atoms with Crippen LogP contribution in [0, 0.1) is 11.7 Å². The number of aromatic nitrogens is 1. The first-order valence-electron chi connectivity index (χ1n) is 13.3. The lowest BCUT2D eigenvalue weighted by molar-refractivity contribution is -0.144. The highest BCUT2D eigenvalue weighted by molar-refractivity contribution is 5.98. The maximum Gasteiger partial charge on any atom is 0.278 e. The van der Waals surface area contributed by atoms with Gasteiger partial charge in [0.2, 0.25) is 0 Å². The fourth-order valence-corrected chi connectivity index (χ4v) is 6.21. The van der Waals surface area contributed by atoms with Gasteiger partial charge in [0.05, 0.1) is 19.8 Å². The molecule has 202 valence electrons. The van der Waals surface area contributed by atoms with Crippen molar-refractivity contribution in [3.05, 3.63) is 89.5 Å². The fourth-order valence-electron chi connectivity index (χ4n) is 6.21. The van der Waals surface area contributed by atoms with Gasteiger partial charge in [0.25, 0.3) is 5.91 Å². The molecule has 1 fully saturated rings. The summed E-state index contributed by atoms with van der Waals surface area (Å²) in [6, 6.07) is 16.9. The van der Waals surface area contributed by atoms with Gasteiger partial charge in [-0.25, -0.2) is 9.45 Å². The third-order valence-corrected chi connectivity index (χ3v) is 8.09. The fraction of sp³-hybridized carbons (Fsp3) is 0.433. The van der Waals surface area contributed by atoms with Crippen molar-refractivity contribution in [2.24, 2.45) is 5.92 Å². The van der Waals surface area contributed by atoms with E-state index in [4.69, 9.17) is 14.3 Å². The van der Waals surface area contributed by atoms with Crippen LogP contribution in [0.3, 0.4) is 0 Å². The Bertz CT molecular complexity index is 1230. The minimum Gasteiger partial charge on any atom is -0.488 e. The highest BCUT2D eigenvalue weighted by Gasteiger charge is 2.49. The van der Waals surface area contributed by atoms with Crippen LogP contribution in [0.5, 0.6) is 5.75 Å². The molecule has 0 radical (unpaired) electrons. The molecule has 5 rings (SSSR count). The molecule has 1 unspecified atom stereocenters. The number of benzene rings is 2. The number of ether oxygens (including phenoxy) is 2. The van der Waals surface area contributed by atoms with E-state index < -0.39 is 0 Å². The molecule has 0 bridgehead atoms. The van der Waals surface area contributed by atoms with E-state index >= 15 is 4.39 Å². The van der Waals surface area contributed by atoms with E-state index in [0.29, 0.717) is 12.2 Å². The van der Waals surface area contributed by atoms with Crippen LogP contribution >= 0.6 is 0 Å². The molecule has 1 saturated heterocycles. The van der Waals surface area contributed by atoms with E-state index in [9.17, 15) is 4.79 Å². The van der Waals surface area contributed by atoms with Crippen molar-refractivity contribution in [1.29, 1.82) is 0 Å². The minimum absolute atomic E-state index is 0.0133. The summed E-state index contributed by atoms with van der Waals surface area (Å²) in [5.74, 6) is -0.278. The topological polar surface area (TPSA) is 56.2 Å². The second kappa shape index (κ2) is 11.7. The van der Waals surface area contributed by atoms with E-state index in [1.54, 1.807) is 26.4 Å². The zero-order valence-electron chi connectivity index (χ0n) is 22.3. The van der Waals surface area contributed by atoms with Crippen LogP contribution in [-0.2, 0) is 16.1 Å². The highest BCUT2D eigenvalue weighted by atomic mass is 19.1. The first-order chi connectivity index (χ1) is 18.5. The zero-order chi connectivity index (χ0) is 26.6. The Kier molecular flexibility index (Phi) is 8.12. The molecule has 1 aromatic heterocycles. The molecule has 0 N–H and O–H groups in total. The van der Waals surface area contributed by atoms with Crippen molar-refractivity contribution in [3.63, 3.8) is 0 Å². The van der Waals surface area contributed by atoms with Gasteiger partial charge in [0, 0.05) is 50.1 Å². The molecule has 3 heterocycles. The van der Waals surface area contributed by atoms with Crippen LogP contribution in [0.15, 0.2) is 67.0 Å². The smallest absolute Gasteiger partial charge is 0.278 e. The first kappa shape index (κ1) is 26.4. The monoisotopic (exact) mass is 521 g/mol. The third kappa shape index (κ3) is 5.08. The molecule has 8 heteroatoms. The van der Waals surface area contributed by atoms with Gasteiger partial charge in [-0.15, -0.1) is 0 Å². The van der Waals surface area contributed by atoms with E-state index in [1.165, 1.54) is 5.06 Å². The number of nitrogens with zero attached hydrogens (tertiary/aromatic N) is 3. The number of hydrogen-bond donors (Lipinski definition) is 0. The first-order valence-corrected chi connectivity index (χ1v) is 13.3. The second-order valence-corrected chi connectivity index (χ2v) is 10.0. The number of halogens is 1. The van der Waals surface area contributed by atoms with Gasteiger partial charge < -0.3 is 14.0 Å². The van der Waals surface area contributed by atoms with Gasteiger partial charge in [-0.05, 0) is 67.3 Å². The molecule has 7 nitrogen and oxygen atoms in total. The quantitative estimate of drug-likeness (QED) is 0.355. The van der Waals surface area contributed by atoms with E-state index in [-0.39, 0.29) is 48.0 Å². The average molecular weight is 522 g/mol. The number of hydroxylamine groups is 2. The minimum atomic E-state index is -0.383. The predicted octanol–water partition coefficient (Wildman–Crippen LogP) is 4.91. The number of hydrogen-bond acceptors (Lipinski definition) is 5. The SMILES string of the molecule is COCCOc1ccc([C@@H]2CCN(CCn3cccc3)[C@H](C)[C@H]2C2c3ccccc3C(=O)N2OC)cc1F. The number of piperidine rings is 1. The van der Waals surface area contributed by atoms with Crippen molar-refractivity contribution in [2.75, 3.05) is 40.5 Å². The van der Waals surface area contributed by atoms with E-state index in [2.05, 4.69) is 28.8 Å². The van der Waals surface area contributed by atoms with Crippen molar-refractivity contribution in [3.8, 4) is 5.75 Å². The Morgan fingerprint density at radius 2 is 1.79 bits per heavy atom. The number of carbonyl (C=O) groups excluding carboxylic acids is 1. The summed E-state index contributed by atoms with van der Waals surface area (Å²) in [5.41, 5.74) is 2.55. The van der Waals surface area contributed by atoms with Gasteiger partial charge in [-0.2, -0.15) is 0 Å². The predicted molar refractivity (Wildman–Crippen MR) is 142 cm³/mol. The second-order valence-electron chi connectivity index (χ2n) is 10.0. The van der Waals surface area contributed by atoms with Crippen LogP contribution < -0.4 is 4.74 Å². The summed E-state index contributed by atoms with van der Waals surface area (Å²) in [4.78, 5) is 21.5. The molecular weight excluding hydrogens is 485 g/mol. The molecule has 0 spiro atoms. The number of carbonyl (C=O) groups is 1. The molecule has 1 amide bonds. The number of likely N-dealkylation sites (tertiary alicyclic amines) is 1. The average Bonchev–Trinajstić information content (AvgIpc) is 3.55. The summed E-state index contributed by atoms with van der Waals surface area (Å²) >= 11 is 0. The molecule has 3 aromatic rings. The molecule has 2 aliphatic heterocycles. The summed E-state index contributed by atoms with van der Waals surface area (Å²) in [7, 11) is 3.14. The molecule has 0 aliphatic carbocycles. The molecule has 0 saturated carbocycles. The van der Waals surface area contributed by atoms with Crippen LogP contribution in [0.4, 0.5) is 4.39 Å². The molecule has 38 heavy (non-hydrogen) atoms. The normalized spacial score (nSPS) is 23.6. The van der Waals surface area contributed by atoms with Gasteiger partial charge >= 0.3 is 0 Å². The molecule has 2 aliphatic rings. The Morgan fingerprint density at radius 1 is 1.00 bits per heavy atom. The van der Waals surface area contributed by atoms with Crippen LogP contribution in [0.2, 0.25) is 0 Å². The van der Waals surface area contributed by atoms with E-state index in [0.717, 1.165) is 37.2 Å². The highest BCUT2D eigenvalue weighted by Crippen LogP contribution is 2.50. The largest absolute Gasteiger partial charge is 0.488 e. The maximum absolute atomic E-state index is 15.2. The standard InChI is InChI=1S/C30H36FN3O4/c1-21-28(29-24-8-4-5-9-25(24)30(35)34(29)37-3)23(12-15-33(21)17-16-32-13-6-7-14-32)22-10-11-27(26(31)20-22)38-19-18-36-2/h4-11,13-14,20-21,23,28-29H,12,15-19H2,1-3H3/t21-,23+,28-,29?/m1/s1. The zero-order valence-corrected chi connectivity index (χ0v) is 22.3. The molecule has 4 atom stereocenters. The lowest BCUT2D eigenvalue weighted by atomic mass is 9.71. The maximum atomic E-state index is 15.2. The van der Waals surface area contributed by atoms with Crippen LogP contribution in [-0.4, -0.2) is 67.0 Å². The lowest BCUT2D eigenvalue weighted by Crippen LogP contribution is -2.51.